The van der Waals surface area contributed by atoms with Crippen molar-refractivity contribution in [2.75, 3.05) is 13.2 Å². The Morgan fingerprint density at radius 1 is 0.458 bits per heavy atom. The normalized spacial score (nSPS) is 12.7. The Morgan fingerprint density at radius 2 is 0.797 bits per heavy atom. The summed E-state index contributed by atoms with van der Waals surface area (Å²) in [4.78, 5) is 24.4. The van der Waals surface area contributed by atoms with E-state index in [-0.39, 0.29) is 18.5 Å². The van der Waals surface area contributed by atoms with Gasteiger partial charge >= 0.3 is 5.97 Å². The lowest BCUT2D eigenvalue weighted by Crippen LogP contribution is -2.45. The number of hydrogen-bond acceptors (Lipinski definition) is 5. The second kappa shape index (κ2) is 49.3. The summed E-state index contributed by atoms with van der Waals surface area (Å²) in [6.07, 6.45) is 56.1. The standard InChI is InChI=1S/C53H103NO5/c1-3-5-7-9-11-13-15-22-27-31-35-39-43-47-53(58)59-48-44-40-36-32-28-24-21-19-17-18-20-23-26-30-34-38-42-46-52(57)54-50(49-55)51(56)45-41-37-33-29-25-16-14-12-10-8-6-4-2/h17,19,50-51,55-56H,3-16,18,20-49H2,1-2H3,(H,54,57)/b19-17-. The van der Waals surface area contributed by atoms with Crippen LogP contribution in [-0.2, 0) is 14.3 Å². The first kappa shape index (κ1) is 57.6. The third-order valence-corrected chi connectivity index (χ3v) is 12.3. The molecule has 0 aromatic carbocycles. The molecule has 0 saturated carbocycles. The van der Waals surface area contributed by atoms with E-state index in [1.165, 1.54) is 205 Å². The van der Waals surface area contributed by atoms with Gasteiger partial charge in [-0.05, 0) is 51.4 Å². The number of aliphatic hydroxyl groups is 2. The molecule has 0 radical (unpaired) electrons. The van der Waals surface area contributed by atoms with Gasteiger partial charge in [0.1, 0.15) is 0 Å². The van der Waals surface area contributed by atoms with Gasteiger partial charge in [-0.15, -0.1) is 0 Å². The lowest BCUT2D eigenvalue weighted by molar-refractivity contribution is -0.143. The third kappa shape index (κ3) is 45.9. The van der Waals surface area contributed by atoms with Gasteiger partial charge in [0.25, 0.3) is 0 Å². The Balaban J connectivity index is 3.44. The van der Waals surface area contributed by atoms with E-state index in [2.05, 4.69) is 31.3 Å². The molecule has 2 unspecified atom stereocenters. The maximum Gasteiger partial charge on any atom is 0.305 e. The molecule has 0 aromatic rings. The van der Waals surface area contributed by atoms with E-state index < -0.39 is 12.1 Å². The lowest BCUT2D eigenvalue weighted by Gasteiger charge is -2.22. The van der Waals surface area contributed by atoms with Crippen LogP contribution in [-0.4, -0.2) is 47.4 Å². The van der Waals surface area contributed by atoms with Gasteiger partial charge in [-0.2, -0.15) is 0 Å². The van der Waals surface area contributed by atoms with Crippen molar-refractivity contribution < 1.29 is 24.5 Å². The van der Waals surface area contributed by atoms with E-state index in [4.69, 9.17) is 4.74 Å². The average molecular weight is 834 g/mol. The number of carbonyl (C=O) groups excluding carboxylic acids is 2. The van der Waals surface area contributed by atoms with Gasteiger partial charge in [-0.1, -0.05) is 238 Å². The number of rotatable bonds is 49. The number of aliphatic hydroxyl groups excluding tert-OH is 2. The molecule has 0 aliphatic rings. The Labute approximate surface area is 368 Å². The van der Waals surface area contributed by atoms with Gasteiger partial charge in [0, 0.05) is 12.8 Å². The van der Waals surface area contributed by atoms with Crippen molar-refractivity contribution in [3.05, 3.63) is 12.2 Å². The number of nitrogens with one attached hydrogen (secondary N) is 1. The van der Waals surface area contributed by atoms with Crippen LogP contribution in [0.5, 0.6) is 0 Å². The van der Waals surface area contributed by atoms with Crippen LogP contribution in [0.3, 0.4) is 0 Å². The molecule has 2 atom stereocenters. The highest BCUT2D eigenvalue weighted by atomic mass is 16.5. The van der Waals surface area contributed by atoms with Gasteiger partial charge in [-0.3, -0.25) is 9.59 Å². The van der Waals surface area contributed by atoms with Crippen LogP contribution in [0.15, 0.2) is 12.2 Å². The predicted octanol–water partition coefficient (Wildman–Crippen LogP) is 15.7. The number of carbonyl (C=O) groups is 2. The summed E-state index contributed by atoms with van der Waals surface area (Å²) in [5.41, 5.74) is 0. The number of ether oxygens (including phenoxy) is 1. The first-order valence-electron chi connectivity index (χ1n) is 26.4. The SMILES string of the molecule is CCCCCCCCCCCCCCCC(=O)OCCCCCCCC/C=C\CCCCCCCCCC(=O)NC(CO)C(O)CCCCCCCCCCCCCC. The second-order valence-electron chi connectivity index (χ2n) is 18.2. The van der Waals surface area contributed by atoms with Crippen molar-refractivity contribution >= 4 is 11.9 Å². The second-order valence-corrected chi connectivity index (χ2v) is 18.2. The summed E-state index contributed by atoms with van der Waals surface area (Å²) in [6.45, 7) is 4.93. The minimum absolute atomic E-state index is 0.000207. The number of esters is 1. The summed E-state index contributed by atoms with van der Waals surface area (Å²) in [7, 11) is 0. The fraction of sp³-hybridized carbons (Fsp3) is 0.925. The van der Waals surface area contributed by atoms with E-state index in [0.29, 0.717) is 25.9 Å². The van der Waals surface area contributed by atoms with Crippen molar-refractivity contribution in [1.29, 1.82) is 0 Å². The highest BCUT2D eigenvalue weighted by Gasteiger charge is 2.20. The van der Waals surface area contributed by atoms with E-state index in [1.54, 1.807) is 0 Å². The zero-order valence-electron chi connectivity index (χ0n) is 39.7. The largest absolute Gasteiger partial charge is 0.466 e. The molecule has 1 amide bonds. The van der Waals surface area contributed by atoms with Crippen molar-refractivity contribution in [3.63, 3.8) is 0 Å². The van der Waals surface area contributed by atoms with Gasteiger partial charge in [0.05, 0.1) is 25.4 Å². The molecule has 0 spiro atoms. The Hall–Kier alpha value is -1.40. The molecule has 0 heterocycles. The Bertz CT molecular complexity index is 878. The molecule has 350 valence electrons. The first-order chi connectivity index (χ1) is 29.0. The topological polar surface area (TPSA) is 95.9 Å². The zero-order valence-corrected chi connectivity index (χ0v) is 39.7. The predicted molar refractivity (Wildman–Crippen MR) is 255 cm³/mol. The van der Waals surface area contributed by atoms with Crippen LogP contribution in [0.1, 0.15) is 290 Å². The van der Waals surface area contributed by atoms with E-state index in [0.717, 1.165) is 51.4 Å². The molecule has 0 fully saturated rings. The highest BCUT2D eigenvalue weighted by Crippen LogP contribution is 2.16. The quantitative estimate of drug-likeness (QED) is 0.0322. The minimum atomic E-state index is -0.670. The van der Waals surface area contributed by atoms with Crippen LogP contribution in [0.4, 0.5) is 0 Å². The fourth-order valence-corrected chi connectivity index (χ4v) is 8.22. The van der Waals surface area contributed by atoms with Gasteiger partial charge in [0.15, 0.2) is 0 Å². The van der Waals surface area contributed by atoms with Crippen LogP contribution < -0.4 is 5.32 Å². The molecule has 0 aliphatic carbocycles. The molecule has 0 aliphatic heterocycles. The Kier molecular flexibility index (Phi) is 48.1. The maximum atomic E-state index is 12.4. The molecule has 0 aromatic heterocycles. The van der Waals surface area contributed by atoms with E-state index in [9.17, 15) is 19.8 Å². The van der Waals surface area contributed by atoms with Crippen molar-refractivity contribution in [2.24, 2.45) is 0 Å². The summed E-state index contributed by atoms with van der Waals surface area (Å²) in [5, 5.41) is 23.2. The van der Waals surface area contributed by atoms with E-state index >= 15 is 0 Å². The Morgan fingerprint density at radius 3 is 1.20 bits per heavy atom. The van der Waals surface area contributed by atoms with E-state index in [1.807, 2.05) is 0 Å². The van der Waals surface area contributed by atoms with Crippen LogP contribution in [0, 0.1) is 0 Å². The van der Waals surface area contributed by atoms with Crippen LogP contribution in [0.2, 0.25) is 0 Å². The summed E-state index contributed by atoms with van der Waals surface area (Å²) in [6, 6.07) is -0.548. The number of amides is 1. The number of unbranched alkanes of at least 4 members (excludes halogenated alkanes) is 36. The third-order valence-electron chi connectivity index (χ3n) is 12.3. The minimum Gasteiger partial charge on any atom is -0.466 e. The summed E-state index contributed by atoms with van der Waals surface area (Å²) in [5.74, 6) is -0.0471. The lowest BCUT2D eigenvalue weighted by atomic mass is 10.0. The van der Waals surface area contributed by atoms with Crippen molar-refractivity contribution in [3.8, 4) is 0 Å². The average Bonchev–Trinajstić information content (AvgIpc) is 3.24. The number of allylic oxidation sites excluding steroid dienone is 2. The van der Waals surface area contributed by atoms with Gasteiger partial charge in [-0.25, -0.2) is 0 Å². The molecule has 6 heteroatoms. The monoisotopic (exact) mass is 834 g/mol. The maximum absolute atomic E-state index is 12.4. The zero-order chi connectivity index (χ0) is 43.0. The molecular formula is C53H103NO5. The molecule has 3 N–H and O–H groups in total. The summed E-state index contributed by atoms with van der Waals surface area (Å²) >= 11 is 0. The molecular weight excluding hydrogens is 731 g/mol. The number of hydrogen-bond donors (Lipinski definition) is 3. The smallest absolute Gasteiger partial charge is 0.305 e. The first-order valence-corrected chi connectivity index (χ1v) is 26.4. The molecule has 6 nitrogen and oxygen atoms in total. The fourth-order valence-electron chi connectivity index (χ4n) is 8.22. The van der Waals surface area contributed by atoms with Crippen molar-refractivity contribution in [2.45, 2.75) is 302 Å². The molecule has 59 heavy (non-hydrogen) atoms. The molecule has 0 rings (SSSR count). The van der Waals surface area contributed by atoms with Crippen molar-refractivity contribution in [1.82, 2.24) is 5.32 Å². The highest BCUT2D eigenvalue weighted by molar-refractivity contribution is 5.76. The van der Waals surface area contributed by atoms with Crippen LogP contribution >= 0.6 is 0 Å². The van der Waals surface area contributed by atoms with Crippen LogP contribution in [0.25, 0.3) is 0 Å². The molecule has 0 bridgehead atoms. The van der Waals surface area contributed by atoms with Gasteiger partial charge < -0.3 is 20.3 Å². The van der Waals surface area contributed by atoms with Gasteiger partial charge in [0.2, 0.25) is 5.91 Å². The molecule has 0 saturated heterocycles. The summed E-state index contributed by atoms with van der Waals surface area (Å²) < 4.78 is 5.46.